The van der Waals surface area contributed by atoms with Crippen molar-refractivity contribution in [2.75, 3.05) is 6.61 Å². The molecule has 0 bridgehead atoms. The highest BCUT2D eigenvalue weighted by atomic mass is 79.9. The molecule has 1 aromatic rings. The summed E-state index contributed by atoms with van der Waals surface area (Å²) in [6.45, 7) is 1.56. The van der Waals surface area contributed by atoms with Gasteiger partial charge in [-0.2, -0.15) is 5.26 Å². The average Bonchev–Trinajstić information content (AvgIpc) is 2.30. The Morgan fingerprint density at radius 3 is 2.58 bits per heavy atom. The molecule has 0 amide bonds. The minimum atomic E-state index is -4.90. The van der Waals surface area contributed by atoms with Crippen LogP contribution in [0.15, 0.2) is 16.6 Å². The molecule has 0 unspecified atom stereocenters. The summed E-state index contributed by atoms with van der Waals surface area (Å²) in [5.41, 5.74) is -0.411. The van der Waals surface area contributed by atoms with Gasteiger partial charge in [-0.15, -0.1) is 13.2 Å². The molecule has 0 saturated carbocycles. The topological polar surface area (TPSA) is 59.3 Å². The Balaban J connectivity index is 3.31. The van der Waals surface area contributed by atoms with E-state index in [0.717, 1.165) is 12.1 Å². The number of benzene rings is 1. The molecule has 102 valence electrons. The van der Waals surface area contributed by atoms with E-state index in [0.29, 0.717) is 0 Å². The van der Waals surface area contributed by atoms with Crippen molar-refractivity contribution in [3.63, 3.8) is 0 Å². The first kappa shape index (κ1) is 15.3. The second-order valence-corrected chi connectivity index (χ2v) is 3.97. The number of hydrogen-bond acceptors (Lipinski definition) is 4. The van der Waals surface area contributed by atoms with Crippen LogP contribution in [0.3, 0.4) is 0 Å². The zero-order chi connectivity index (χ0) is 14.6. The molecule has 0 aliphatic heterocycles. The van der Waals surface area contributed by atoms with Gasteiger partial charge in [-0.25, -0.2) is 4.79 Å². The molecule has 0 aliphatic carbocycles. The number of ether oxygens (including phenoxy) is 2. The van der Waals surface area contributed by atoms with Gasteiger partial charge in [-0.3, -0.25) is 0 Å². The largest absolute Gasteiger partial charge is 0.573 e. The summed E-state index contributed by atoms with van der Waals surface area (Å²) in [6.07, 6.45) is -4.90. The van der Waals surface area contributed by atoms with E-state index in [2.05, 4.69) is 25.4 Å². The Labute approximate surface area is 114 Å². The molecule has 1 rings (SSSR count). The first-order chi connectivity index (χ1) is 8.80. The van der Waals surface area contributed by atoms with Crippen molar-refractivity contribution in [1.29, 1.82) is 5.26 Å². The number of carbonyl (C=O) groups is 1. The normalized spacial score (nSPS) is 10.7. The number of carbonyl (C=O) groups excluding carboxylic acids is 1. The first-order valence-electron chi connectivity index (χ1n) is 4.95. The molecule has 0 atom stereocenters. The third kappa shape index (κ3) is 3.86. The van der Waals surface area contributed by atoms with Crippen LogP contribution in [-0.4, -0.2) is 18.9 Å². The minimum absolute atomic E-state index is 0.0283. The molecule has 0 spiro atoms. The maximum Gasteiger partial charge on any atom is 0.573 e. The molecule has 0 radical (unpaired) electrons. The molecular formula is C11H7BrF3NO3. The summed E-state index contributed by atoms with van der Waals surface area (Å²) in [4.78, 5) is 11.6. The molecule has 8 heteroatoms. The lowest BCUT2D eigenvalue weighted by Crippen LogP contribution is -2.18. The number of esters is 1. The van der Waals surface area contributed by atoms with Crippen molar-refractivity contribution in [3.05, 3.63) is 27.7 Å². The van der Waals surface area contributed by atoms with E-state index in [-0.39, 0.29) is 22.2 Å². The van der Waals surface area contributed by atoms with E-state index in [1.165, 1.54) is 6.92 Å². The van der Waals surface area contributed by atoms with Crippen LogP contribution < -0.4 is 4.74 Å². The average molecular weight is 338 g/mol. The maximum absolute atomic E-state index is 12.2. The van der Waals surface area contributed by atoms with Crippen LogP contribution >= 0.6 is 15.9 Å². The van der Waals surface area contributed by atoms with Crippen molar-refractivity contribution < 1.29 is 27.4 Å². The Bertz CT molecular complexity index is 537. The smallest absolute Gasteiger partial charge is 0.462 e. The van der Waals surface area contributed by atoms with Gasteiger partial charge in [0, 0.05) is 0 Å². The van der Waals surface area contributed by atoms with Crippen molar-refractivity contribution in [2.24, 2.45) is 0 Å². The number of rotatable bonds is 3. The van der Waals surface area contributed by atoms with Gasteiger partial charge in [0.15, 0.2) is 0 Å². The summed E-state index contributed by atoms with van der Waals surface area (Å²) in [7, 11) is 0. The second-order valence-electron chi connectivity index (χ2n) is 3.18. The van der Waals surface area contributed by atoms with Crippen LogP contribution in [0.25, 0.3) is 0 Å². The molecule has 0 heterocycles. The van der Waals surface area contributed by atoms with E-state index in [9.17, 15) is 18.0 Å². The first-order valence-corrected chi connectivity index (χ1v) is 5.75. The lowest BCUT2D eigenvalue weighted by molar-refractivity contribution is -0.274. The van der Waals surface area contributed by atoms with Crippen molar-refractivity contribution in [1.82, 2.24) is 0 Å². The zero-order valence-corrected chi connectivity index (χ0v) is 11.1. The van der Waals surface area contributed by atoms with Gasteiger partial charge >= 0.3 is 12.3 Å². The lowest BCUT2D eigenvalue weighted by Gasteiger charge is -2.13. The van der Waals surface area contributed by atoms with Crippen LogP contribution in [0, 0.1) is 11.3 Å². The summed E-state index contributed by atoms with van der Waals surface area (Å²) in [5, 5.41) is 8.84. The number of alkyl halides is 3. The van der Waals surface area contributed by atoms with E-state index in [4.69, 9.17) is 5.26 Å². The summed E-state index contributed by atoms with van der Waals surface area (Å²) in [5.74, 6) is -1.52. The van der Waals surface area contributed by atoms with Crippen LogP contribution in [0.1, 0.15) is 22.8 Å². The van der Waals surface area contributed by atoms with E-state index in [1.54, 1.807) is 6.07 Å². The summed E-state index contributed by atoms with van der Waals surface area (Å²) >= 11 is 2.82. The van der Waals surface area contributed by atoms with E-state index < -0.39 is 18.1 Å². The number of nitrogens with zero attached hydrogens (tertiary/aromatic N) is 1. The van der Waals surface area contributed by atoms with Gasteiger partial charge in [0.1, 0.15) is 11.8 Å². The molecule has 0 N–H and O–H groups in total. The van der Waals surface area contributed by atoms with Gasteiger partial charge in [0.25, 0.3) is 0 Å². The highest BCUT2D eigenvalue weighted by molar-refractivity contribution is 9.10. The fourth-order valence-corrected chi connectivity index (χ4v) is 1.85. The quantitative estimate of drug-likeness (QED) is 0.793. The molecule has 0 fully saturated rings. The molecular weight excluding hydrogens is 331 g/mol. The molecule has 0 aromatic heterocycles. The zero-order valence-electron chi connectivity index (χ0n) is 9.55. The minimum Gasteiger partial charge on any atom is -0.462 e. The summed E-state index contributed by atoms with van der Waals surface area (Å²) < 4.78 is 44.6. The Morgan fingerprint density at radius 2 is 2.11 bits per heavy atom. The Kier molecular flexibility index (Phi) is 4.78. The highest BCUT2D eigenvalue weighted by Gasteiger charge is 2.33. The number of hydrogen-bond donors (Lipinski definition) is 0. The van der Waals surface area contributed by atoms with Crippen LogP contribution in [0.2, 0.25) is 0 Å². The molecule has 0 aliphatic rings. The molecule has 0 saturated heterocycles. The van der Waals surface area contributed by atoms with Crippen molar-refractivity contribution in [3.8, 4) is 11.8 Å². The van der Waals surface area contributed by atoms with Gasteiger partial charge in [-0.1, -0.05) is 0 Å². The van der Waals surface area contributed by atoms with Crippen LogP contribution in [0.5, 0.6) is 5.75 Å². The SMILES string of the molecule is CCOC(=O)c1c(C#N)ccc(OC(F)(F)F)c1Br. The Hall–Kier alpha value is -1.75. The van der Waals surface area contributed by atoms with E-state index >= 15 is 0 Å². The van der Waals surface area contributed by atoms with Gasteiger partial charge in [-0.05, 0) is 35.0 Å². The van der Waals surface area contributed by atoms with Crippen LogP contribution in [-0.2, 0) is 4.74 Å². The molecule has 1 aromatic carbocycles. The fraction of sp³-hybridized carbons (Fsp3) is 0.273. The number of halogens is 4. The fourth-order valence-electron chi connectivity index (χ4n) is 1.26. The highest BCUT2D eigenvalue weighted by Crippen LogP contribution is 2.35. The lowest BCUT2D eigenvalue weighted by atomic mass is 10.1. The van der Waals surface area contributed by atoms with Crippen molar-refractivity contribution in [2.45, 2.75) is 13.3 Å². The van der Waals surface area contributed by atoms with Gasteiger partial charge in [0.05, 0.1) is 22.2 Å². The third-order valence-corrected chi connectivity index (χ3v) is 2.72. The summed E-state index contributed by atoms with van der Waals surface area (Å²) in [6, 6.07) is 3.70. The molecule has 19 heavy (non-hydrogen) atoms. The standard InChI is InChI=1S/C11H7BrF3NO3/c1-2-18-10(17)8-6(5-16)3-4-7(9(8)12)19-11(13,14)15/h3-4H,2H2,1H3. The molecule has 4 nitrogen and oxygen atoms in total. The van der Waals surface area contributed by atoms with Gasteiger partial charge < -0.3 is 9.47 Å². The predicted molar refractivity (Wildman–Crippen MR) is 61.5 cm³/mol. The third-order valence-electron chi connectivity index (χ3n) is 1.93. The number of nitriles is 1. The maximum atomic E-state index is 12.2. The monoisotopic (exact) mass is 337 g/mol. The van der Waals surface area contributed by atoms with Crippen molar-refractivity contribution >= 4 is 21.9 Å². The second kappa shape index (κ2) is 5.93. The predicted octanol–water partition coefficient (Wildman–Crippen LogP) is 3.40. The van der Waals surface area contributed by atoms with E-state index in [1.807, 2.05) is 0 Å². The Morgan fingerprint density at radius 1 is 1.47 bits per heavy atom. The van der Waals surface area contributed by atoms with Gasteiger partial charge in [0.2, 0.25) is 0 Å². The van der Waals surface area contributed by atoms with Crippen LogP contribution in [0.4, 0.5) is 13.2 Å².